The van der Waals surface area contributed by atoms with Gasteiger partial charge in [0.2, 0.25) is 10.0 Å². The Kier molecular flexibility index (Phi) is 3.88. The highest BCUT2D eigenvalue weighted by Gasteiger charge is 2.27. The van der Waals surface area contributed by atoms with E-state index in [0.29, 0.717) is 16.8 Å². The quantitative estimate of drug-likeness (QED) is 0.663. The molecule has 1 amide bonds. The van der Waals surface area contributed by atoms with Crippen LogP contribution in [-0.2, 0) is 14.8 Å². The SMILES string of the molecule is CNS(=O)(=O)c1ccc2c(c1)C(=CC1C=CCCC1)C(=O)N2. The van der Waals surface area contributed by atoms with Crippen LogP contribution in [0.25, 0.3) is 5.57 Å². The summed E-state index contributed by atoms with van der Waals surface area (Å²) < 4.78 is 26.2. The van der Waals surface area contributed by atoms with Crippen LogP contribution in [0.3, 0.4) is 0 Å². The molecule has 0 fully saturated rings. The van der Waals surface area contributed by atoms with E-state index in [1.807, 2.05) is 6.08 Å². The fourth-order valence-electron chi connectivity index (χ4n) is 2.81. The number of carbonyl (C=O) groups is 1. The van der Waals surface area contributed by atoms with Crippen molar-refractivity contribution >= 4 is 27.2 Å². The number of fused-ring (bicyclic) bond motifs is 1. The van der Waals surface area contributed by atoms with Crippen molar-refractivity contribution in [3.05, 3.63) is 42.0 Å². The van der Waals surface area contributed by atoms with Gasteiger partial charge >= 0.3 is 0 Å². The number of carbonyl (C=O) groups excluding carboxylic acids is 1. The molecule has 0 spiro atoms. The van der Waals surface area contributed by atoms with Gasteiger partial charge in [-0.2, -0.15) is 0 Å². The lowest BCUT2D eigenvalue weighted by Crippen LogP contribution is -2.18. The maximum absolute atomic E-state index is 12.2. The molecule has 3 rings (SSSR count). The molecule has 1 aromatic carbocycles. The van der Waals surface area contributed by atoms with E-state index in [9.17, 15) is 13.2 Å². The average Bonchev–Trinajstić information content (AvgIpc) is 2.83. The van der Waals surface area contributed by atoms with Gasteiger partial charge in [-0.15, -0.1) is 0 Å². The first kappa shape index (κ1) is 15.0. The zero-order valence-electron chi connectivity index (χ0n) is 12.3. The predicted octanol–water partition coefficient (Wildman–Crippen LogP) is 2.29. The Morgan fingerprint density at radius 1 is 1.36 bits per heavy atom. The van der Waals surface area contributed by atoms with Gasteiger partial charge in [-0.25, -0.2) is 13.1 Å². The maximum Gasteiger partial charge on any atom is 0.256 e. The second kappa shape index (κ2) is 5.70. The van der Waals surface area contributed by atoms with Gasteiger partial charge in [-0.3, -0.25) is 4.79 Å². The smallest absolute Gasteiger partial charge is 0.256 e. The Labute approximate surface area is 130 Å². The van der Waals surface area contributed by atoms with Crippen LogP contribution in [0, 0.1) is 5.92 Å². The Morgan fingerprint density at radius 2 is 2.18 bits per heavy atom. The summed E-state index contributed by atoms with van der Waals surface area (Å²) in [5, 5.41) is 2.79. The molecule has 1 aromatic rings. The molecule has 1 unspecified atom stereocenters. The molecular weight excluding hydrogens is 300 g/mol. The van der Waals surface area contributed by atoms with Gasteiger partial charge in [0.15, 0.2) is 0 Å². The summed E-state index contributed by atoms with van der Waals surface area (Å²) >= 11 is 0. The van der Waals surface area contributed by atoms with Gasteiger partial charge < -0.3 is 5.32 Å². The number of nitrogens with one attached hydrogen (secondary N) is 2. The number of amides is 1. The van der Waals surface area contributed by atoms with Crippen LogP contribution < -0.4 is 10.0 Å². The predicted molar refractivity (Wildman–Crippen MR) is 85.8 cm³/mol. The lowest BCUT2D eigenvalue weighted by molar-refractivity contribution is -0.110. The Bertz CT molecular complexity index is 779. The molecule has 0 aromatic heterocycles. The van der Waals surface area contributed by atoms with E-state index in [1.54, 1.807) is 12.1 Å². The fraction of sp³-hybridized carbons (Fsp3) is 0.312. The molecular formula is C16H18N2O3S. The molecule has 6 heteroatoms. The van der Waals surface area contributed by atoms with Crippen LogP contribution in [0.2, 0.25) is 0 Å². The summed E-state index contributed by atoms with van der Waals surface area (Å²) in [5.74, 6) is 0.0537. The molecule has 1 atom stereocenters. The van der Waals surface area contributed by atoms with Gasteiger partial charge in [0.1, 0.15) is 0 Å². The Morgan fingerprint density at radius 3 is 2.86 bits per heavy atom. The van der Waals surface area contributed by atoms with Gasteiger partial charge in [-0.05, 0) is 50.4 Å². The molecule has 1 aliphatic carbocycles. The molecule has 0 radical (unpaired) electrons. The Hall–Kier alpha value is -1.92. The van der Waals surface area contributed by atoms with E-state index >= 15 is 0 Å². The number of rotatable bonds is 3. The number of allylic oxidation sites excluding steroid dienone is 3. The molecule has 5 nitrogen and oxygen atoms in total. The zero-order valence-corrected chi connectivity index (χ0v) is 13.1. The second-order valence-electron chi connectivity index (χ2n) is 5.47. The number of anilines is 1. The summed E-state index contributed by atoms with van der Waals surface area (Å²) in [6, 6.07) is 4.68. The summed E-state index contributed by atoms with van der Waals surface area (Å²) in [6.45, 7) is 0. The van der Waals surface area contributed by atoms with Gasteiger partial charge in [0.25, 0.3) is 5.91 Å². The minimum absolute atomic E-state index is 0.162. The van der Waals surface area contributed by atoms with Crippen molar-refractivity contribution in [1.82, 2.24) is 4.72 Å². The van der Waals surface area contributed by atoms with Crippen molar-refractivity contribution in [3.63, 3.8) is 0 Å². The molecule has 2 N–H and O–H groups in total. The summed E-state index contributed by atoms with van der Waals surface area (Å²) in [7, 11) is -2.15. The number of benzene rings is 1. The summed E-state index contributed by atoms with van der Waals surface area (Å²) in [6.07, 6.45) is 9.36. The monoisotopic (exact) mass is 318 g/mol. The minimum Gasteiger partial charge on any atom is -0.321 e. The van der Waals surface area contributed by atoms with Crippen LogP contribution in [-0.4, -0.2) is 21.4 Å². The summed E-state index contributed by atoms with van der Waals surface area (Å²) in [4.78, 5) is 12.3. The highest BCUT2D eigenvalue weighted by molar-refractivity contribution is 7.89. The maximum atomic E-state index is 12.2. The van der Waals surface area contributed by atoms with E-state index in [0.717, 1.165) is 19.3 Å². The van der Waals surface area contributed by atoms with Crippen molar-refractivity contribution < 1.29 is 13.2 Å². The van der Waals surface area contributed by atoms with Crippen LogP contribution >= 0.6 is 0 Å². The molecule has 0 bridgehead atoms. The number of hydrogen-bond acceptors (Lipinski definition) is 3. The summed E-state index contributed by atoms with van der Waals surface area (Å²) in [5.41, 5.74) is 1.87. The van der Waals surface area contributed by atoms with Crippen LogP contribution in [0.15, 0.2) is 41.3 Å². The first-order chi connectivity index (χ1) is 10.5. The highest BCUT2D eigenvalue weighted by Crippen LogP contribution is 2.35. The third-order valence-corrected chi connectivity index (χ3v) is 5.44. The lowest BCUT2D eigenvalue weighted by Gasteiger charge is -2.12. The molecule has 0 saturated heterocycles. The second-order valence-corrected chi connectivity index (χ2v) is 7.36. The topological polar surface area (TPSA) is 75.3 Å². The molecule has 1 heterocycles. The minimum atomic E-state index is -3.52. The van der Waals surface area contributed by atoms with E-state index in [1.165, 1.54) is 13.1 Å². The lowest BCUT2D eigenvalue weighted by atomic mass is 9.92. The van der Waals surface area contributed by atoms with E-state index in [-0.39, 0.29) is 16.7 Å². The first-order valence-electron chi connectivity index (χ1n) is 7.29. The highest BCUT2D eigenvalue weighted by atomic mass is 32.2. The van der Waals surface area contributed by atoms with E-state index in [4.69, 9.17) is 0 Å². The first-order valence-corrected chi connectivity index (χ1v) is 8.77. The molecule has 2 aliphatic rings. The standard InChI is InChI=1S/C16H18N2O3S/c1-17-22(20,21)12-7-8-15-13(10-12)14(16(19)18-15)9-11-5-3-2-4-6-11/h3,5,7-11,17H,2,4,6H2,1H3,(H,18,19). The molecule has 22 heavy (non-hydrogen) atoms. The number of hydrogen-bond donors (Lipinski definition) is 2. The van der Waals surface area contributed by atoms with Crippen molar-refractivity contribution in [2.75, 3.05) is 12.4 Å². The third kappa shape index (κ3) is 2.71. The van der Waals surface area contributed by atoms with Crippen molar-refractivity contribution in [2.45, 2.75) is 24.2 Å². The molecule has 116 valence electrons. The fourth-order valence-corrected chi connectivity index (χ4v) is 3.57. The van der Waals surface area contributed by atoms with E-state index in [2.05, 4.69) is 22.2 Å². The van der Waals surface area contributed by atoms with E-state index < -0.39 is 10.0 Å². The van der Waals surface area contributed by atoms with Crippen LogP contribution in [0.1, 0.15) is 24.8 Å². The third-order valence-electron chi connectivity index (χ3n) is 4.03. The van der Waals surface area contributed by atoms with Crippen LogP contribution in [0.4, 0.5) is 5.69 Å². The van der Waals surface area contributed by atoms with Gasteiger partial charge in [0, 0.05) is 16.8 Å². The van der Waals surface area contributed by atoms with Crippen LogP contribution in [0.5, 0.6) is 0 Å². The molecule has 1 aliphatic heterocycles. The zero-order chi connectivity index (χ0) is 15.7. The largest absolute Gasteiger partial charge is 0.321 e. The number of sulfonamides is 1. The Balaban J connectivity index is 2.04. The normalized spacial score (nSPS) is 22.7. The van der Waals surface area contributed by atoms with Crippen molar-refractivity contribution in [1.29, 1.82) is 0 Å². The van der Waals surface area contributed by atoms with Crippen molar-refractivity contribution in [3.8, 4) is 0 Å². The van der Waals surface area contributed by atoms with Gasteiger partial charge in [0.05, 0.1) is 4.90 Å². The van der Waals surface area contributed by atoms with Gasteiger partial charge in [-0.1, -0.05) is 18.2 Å². The van der Waals surface area contributed by atoms with Crippen molar-refractivity contribution in [2.24, 2.45) is 5.92 Å². The molecule has 0 saturated carbocycles. The average molecular weight is 318 g/mol.